The van der Waals surface area contributed by atoms with Gasteiger partial charge >= 0.3 is 11.9 Å². The van der Waals surface area contributed by atoms with Crippen molar-refractivity contribution in [2.24, 2.45) is 11.8 Å². The van der Waals surface area contributed by atoms with Gasteiger partial charge in [0.25, 0.3) is 0 Å². The molecule has 14 N–H and O–H groups in total. The second-order valence-corrected chi connectivity index (χ2v) is 38.5. The number of carbonyl (C=O) groups is 2. The number of rotatable bonds is 19. The van der Waals surface area contributed by atoms with Crippen molar-refractivity contribution >= 4 is 147 Å². The van der Waals surface area contributed by atoms with Gasteiger partial charge < -0.3 is 67.5 Å². The first kappa shape index (κ1) is 94.1. The van der Waals surface area contributed by atoms with Crippen LogP contribution in [0.4, 0.5) is 52.4 Å². The summed E-state index contributed by atoms with van der Waals surface area (Å²) in [5, 5.41) is 79.3. The van der Waals surface area contributed by atoms with Crippen molar-refractivity contribution in [3.63, 3.8) is 0 Å². The molecule has 0 unspecified atom stereocenters. The molecule has 5 fully saturated rings. The lowest BCUT2D eigenvalue weighted by atomic mass is 9.93. The average molecular weight is 1950 g/mol. The van der Waals surface area contributed by atoms with Crippen molar-refractivity contribution < 1.29 is 44.0 Å². The summed E-state index contributed by atoms with van der Waals surface area (Å²) >= 11 is 9.76. The number of nitrogens with one attached hydrogen (secondary N) is 3. The number of nitrogen functional groups attached to an aromatic ring is 3. The molecule has 0 amide bonds. The molecule has 15 aromatic rings. The van der Waals surface area contributed by atoms with E-state index < -0.39 is 11.9 Å². The van der Waals surface area contributed by atoms with E-state index in [4.69, 9.17) is 52.6 Å². The number of nitrogens with zero attached hydrogens (tertiary/aromatic N) is 18. The Morgan fingerprint density at radius 3 is 1.24 bits per heavy atom. The molecule has 7 aromatic carbocycles. The van der Waals surface area contributed by atoms with Crippen LogP contribution >= 0.6 is 27.5 Å². The van der Waals surface area contributed by atoms with Gasteiger partial charge in [-0.2, -0.15) is 25.5 Å². The normalized spacial score (nSPS) is 19.3. The highest BCUT2D eigenvalue weighted by Gasteiger charge is 2.41. The number of pyridine rings is 3. The number of β-amino-alcohol motifs (C(OH)–C–C–N with tert-alkyl or cyclic N) is 3. The number of oxazole rings is 2. The highest BCUT2D eigenvalue weighted by Crippen LogP contribution is 2.48. The summed E-state index contributed by atoms with van der Waals surface area (Å²) in [5.41, 5.74) is 45.4. The summed E-state index contributed by atoms with van der Waals surface area (Å²) in [6.45, 7) is 21.5. The largest absolute Gasteiger partial charge is 0.481 e. The van der Waals surface area contributed by atoms with Crippen LogP contribution in [0, 0.1) is 76.0 Å². The summed E-state index contributed by atoms with van der Waals surface area (Å²) in [6, 6.07) is 44.7. The van der Waals surface area contributed by atoms with Gasteiger partial charge in [-0.1, -0.05) is 76.1 Å². The standard InChI is InChI=1S/C42H41N9O4.C23H20BrN3O3.C20H24N6O.C19H21ClN6O/c1-22-27(28-6-4-8-33(23(28)2)46-39-37-34(48-42(44)49-39)15-24(18-45-37)19-50-13-12-26(52)21-50)5-3-7-29(22)40-47-35-16-31-30(32(17-43)38(35)55-40)9-10-36(31)51-14-11-25(20-51)41(53)54;1-12-14(3-2-4-18(12)24)22-26-19-9-16-15(17(10-25)21(19)30-22)5-6-20(16)27-8-7-13(11-27)23(28)29;1-12-4-3-5-16(13(12)2)23-19-18-17(24-20(21)25-19)8-14(9-22-18)10-26-7-6-15(27)11-26;1-11-14(20)3-2-4-15(11)23-18-17-16(24-19(21)25-18)7-12(8-22-17)9-26-6-5-13(27)10-26/h3-8,15-16,18,25-26,36,52H,9-14,19-21H2,1-2H3,(H,53,54)(H3,44,46,48,49);2-4,9,13,20H,5-8,11H2,1H3,(H,28,29);3-5,8-9,15,27H,6-7,10-11H2,1-2H3,(H3,21,23,24,25);2-4,7-8,13,27H,5-6,9-10H2,1H3,(H3,21,23,24,25)/t25-,26-,36-;13-,20-;15-;13-/m1111/s1. The van der Waals surface area contributed by atoms with Crippen molar-refractivity contribution in [2.75, 3.05) is 98.6 Å². The number of carboxylic acid groups (broad SMARTS) is 2. The molecule has 5 saturated heterocycles. The molecule has 710 valence electrons. The van der Waals surface area contributed by atoms with Gasteiger partial charge in [-0.15, -0.1) is 0 Å². The van der Waals surface area contributed by atoms with Gasteiger partial charge in [-0.25, -0.2) is 24.9 Å². The van der Waals surface area contributed by atoms with E-state index >= 15 is 0 Å². The predicted octanol–water partition coefficient (Wildman–Crippen LogP) is 16.5. The molecule has 8 aromatic heterocycles. The Morgan fingerprint density at radius 2 is 0.827 bits per heavy atom. The molecule has 0 spiro atoms. The summed E-state index contributed by atoms with van der Waals surface area (Å²) in [7, 11) is 0. The Bertz CT molecular complexity index is 7270. The first-order valence-electron chi connectivity index (χ1n) is 46.8. The number of nitrogens with two attached hydrogens (primary N) is 3. The molecule has 7 atom stereocenters. The van der Waals surface area contributed by atoms with Crippen LogP contribution in [0.1, 0.15) is 140 Å². The van der Waals surface area contributed by atoms with Crippen molar-refractivity contribution in [2.45, 2.75) is 149 Å². The fourth-order valence-electron chi connectivity index (χ4n) is 20.5. The molecule has 33 nitrogen and oxygen atoms in total. The topological polar surface area (TPSA) is 481 Å². The number of anilines is 9. The van der Waals surface area contributed by atoms with E-state index in [0.717, 1.165) is 201 Å². The third-order valence-corrected chi connectivity index (χ3v) is 29.3. The molecule has 22 rings (SSSR count). The second-order valence-electron chi connectivity index (χ2n) is 37.2. The van der Waals surface area contributed by atoms with Gasteiger partial charge in [0, 0.05) is 140 Å². The number of aliphatic hydroxyl groups excluding tert-OH is 3. The average Bonchev–Trinajstić information content (AvgIpc) is 1.59. The van der Waals surface area contributed by atoms with E-state index in [1.54, 1.807) is 0 Å². The van der Waals surface area contributed by atoms with Crippen LogP contribution in [0.2, 0.25) is 5.02 Å². The number of hydrogen-bond donors (Lipinski definition) is 11. The quantitative estimate of drug-likeness (QED) is 0.0358. The number of halogens is 2. The molecule has 139 heavy (non-hydrogen) atoms. The van der Waals surface area contributed by atoms with E-state index in [0.29, 0.717) is 153 Å². The van der Waals surface area contributed by atoms with Crippen LogP contribution < -0.4 is 33.2 Å². The lowest BCUT2D eigenvalue weighted by Gasteiger charge is -2.24. The Balaban J connectivity index is 0.000000125. The Labute approximate surface area is 814 Å². The molecule has 5 aliphatic heterocycles. The molecule has 13 heterocycles. The molecule has 0 saturated carbocycles. The number of likely N-dealkylation sites (tertiary alicyclic amines) is 5. The maximum absolute atomic E-state index is 11.7. The highest BCUT2D eigenvalue weighted by molar-refractivity contribution is 9.10. The lowest BCUT2D eigenvalue weighted by Crippen LogP contribution is -2.26. The fourth-order valence-corrected chi connectivity index (χ4v) is 21.0. The van der Waals surface area contributed by atoms with Crippen LogP contribution in [0.15, 0.2) is 153 Å². The van der Waals surface area contributed by atoms with Gasteiger partial charge in [0.1, 0.15) is 50.8 Å². The number of hydrogen-bond acceptors (Lipinski definition) is 31. The van der Waals surface area contributed by atoms with E-state index in [1.807, 2.05) is 136 Å². The van der Waals surface area contributed by atoms with Gasteiger partial charge in [0.2, 0.25) is 29.6 Å². The number of aliphatic carboxylic acids is 2. The lowest BCUT2D eigenvalue weighted by molar-refractivity contribution is -0.142. The second kappa shape index (κ2) is 39.9. The zero-order chi connectivity index (χ0) is 96.9. The zero-order valence-electron chi connectivity index (χ0n) is 77.8. The molecular weight excluding hydrogens is 1840 g/mol. The molecular formula is C104H106BrClN24O9. The first-order chi connectivity index (χ1) is 67.1. The number of aromatic nitrogens is 11. The number of carboxylic acids is 2. The summed E-state index contributed by atoms with van der Waals surface area (Å²) in [6.07, 6.45) is 11.7. The number of aliphatic hydroxyl groups is 3. The smallest absolute Gasteiger partial charge is 0.307 e. The minimum absolute atomic E-state index is 0.0607. The molecule has 0 radical (unpaired) electrons. The van der Waals surface area contributed by atoms with E-state index in [-0.39, 0.29) is 60.1 Å². The summed E-state index contributed by atoms with van der Waals surface area (Å²) < 4.78 is 13.5. The van der Waals surface area contributed by atoms with Gasteiger partial charge in [0.15, 0.2) is 28.6 Å². The third kappa shape index (κ3) is 19.8. The molecule has 2 aliphatic carbocycles. The highest BCUT2D eigenvalue weighted by atomic mass is 79.9. The van der Waals surface area contributed by atoms with Crippen molar-refractivity contribution in [3.8, 4) is 46.2 Å². The Morgan fingerprint density at radius 1 is 0.446 bits per heavy atom. The zero-order valence-corrected chi connectivity index (χ0v) is 80.1. The van der Waals surface area contributed by atoms with Gasteiger partial charge in [-0.3, -0.25) is 49.0 Å². The van der Waals surface area contributed by atoms with Crippen molar-refractivity contribution in [3.05, 3.63) is 233 Å². The number of benzene rings is 7. The van der Waals surface area contributed by atoms with Gasteiger partial charge in [0.05, 0.1) is 46.7 Å². The number of fused-ring (bicyclic) bond motifs is 7. The van der Waals surface area contributed by atoms with Crippen LogP contribution in [0.5, 0.6) is 0 Å². The van der Waals surface area contributed by atoms with Crippen LogP contribution in [0.25, 0.3) is 89.3 Å². The minimum atomic E-state index is -0.752. The number of nitriles is 2. The number of aryl methyl sites for hydroxylation is 1. The maximum atomic E-state index is 11.7. The van der Waals surface area contributed by atoms with E-state index in [1.165, 1.54) is 5.56 Å². The fraction of sp³-hybridized carbons (Fsp3) is 0.337. The minimum Gasteiger partial charge on any atom is -0.481 e. The Hall–Kier alpha value is -13.9. The Kier molecular flexibility index (Phi) is 27.0. The van der Waals surface area contributed by atoms with Crippen LogP contribution in [-0.4, -0.2) is 201 Å². The summed E-state index contributed by atoms with van der Waals surface area (Å²) in [5.74, 6) is 0.995. The maximum Gasteiger partial charge on any atom is 0.307 e. The predicted molar refractivity (Wildman–Crippen MR) is 537 cm³/mol. The molecule has 35 heteroatoms. The molecule has 7 aliphatic rings. The van der Waals surface area contributed by atoms with Crippen molar-refractivity contribution in [1.82, 2.24) is 79.3 Å². The van der Waals surface area contributed by atoms with Crippen LogP contribution in [-0.2, 0) is 42.1 Å². The summed E-state index contributed by atoms with van der Waals surface area (Å²) in [4.78, 5) is 84.1. The SMILES string of the molecule is Cc1c(Br)cccc1-c1nc2cc3c(c(C#N)c2o1)CC[C@H]3N1CC[C@@H](C(=O)O)C1.Cc1c(Cl)cccc1Nc1nc(N)nc2cc(CN3CC[C@@H](O)C3)cnc12.Cc1c(Nc2nc(N)nc3cc(CN4CC[C@@H](O)C4)cnc23)cccc1-c1cccc(-c2nc3cc4c(c(C#N)c3o2)CC[C@H]4N2CC[C@@H](C(=O)O)C2)c1C.Cc1cccc(Nc2nc(N)nc3cc(CN4CC[C@@H](O)C4)cnc23)c1C. The van der Waals surface area contributed by atoms with Crippen LogP contribution in [0.3, 0.4) is 0 Å². The molecule has 0 bridgehead atoms. The van der Waals surface area contributed by atoms with Crippen molar-refractivity contribution in [1.29, 1.82) is 10.5 Å². The van der Waals surface area contributed by atoms with Gasteiger partial charge in [-0.05, 0) is 269 Å². The monoisotopic (exact) mass is 1950 g/mol. The van der Waals surface area contributed by atoms with E-state index in [9.17, 15) is 45.6 Å². The van der Waals surface area contributed by atoms with E-state index in [2.05, 4.69) is 154 Å². The first-order valence-corrected chi connectivity index (χ1v) is 48.0. The third-order valence-electron chi connectivity index (χ3n) is 28.1.